The molecule has 1 atom stereocenters. The van der Waals surface area contributed by atoms with Gasteiger partial charge in [-0.25, -0.2) is 8.42 Å². The zero-order chi connectivity index (χ0) is 15.8. The van der Waals surface area contributed by atoms with E-state index in [2.05, 4.69) is 12.2 Å². The Balaban J connectivity index is 2.71. The van der Waals surface area contributed by atoms with Crippen LogP contribution < -0.4 is 5.32 Å². The van der Waals surface area contributed by atoms with Gasteiger partial charge in [-0.3, -0.25) is 0 Å². The second kappa shape index (κ2) is 9.08. The Morgan fingerprint density at radius 3 is 2.48 bits per heavy atom. The molecule has 1 heterocycles. The van der Waals surface area contributed by atoms with Gasteiger partial charge < -0.3 is 14.8 Å². The highest BCUT2D eigenvalue weighted by Gasteiger charge is 2.40. The molecule has 0 aromatic heterocycles. The molecule has 0 saturated carbocycles. The summed E-state index contributed by atoms with van der Waals surface area (Å²) < 4.78 is 34.3. The molecule has 1 unspecified atom stereocenters. The lowest BCUT2D eigenvalue weighted by molar-refractivity contribution is -0.127. The van der Waals surface area contributed by atoms with Crippen LogP contribution in [-0.2, 0) is 19.3 Å². The number of sulfone groups is 1. The van der Waals surface area contributed by atoms with Crippen LogP contribution in [0.2, 0.25) is 0 Å². The maximum atomic E-state index is 11.3. The molecule has 0 bridgehead atoms. The molecule has 126 valence electrons. The molecule has 6 heteroatoms. The molecule has 0 spiro atoms. The third-order valence-corrected chi connectivity index (χ3v) is 5.08. The quantitative estimate of drug-likeness (QED) is 0.664. The normalized spacial score (nSPS) is 20.3. The summed E-state index contributed by atoms with van der Waals surface area (Å²) in [6.45, 7) is 7.20. The van der Waals surface area contributed by atoms with Gasteiger partial charge in [-0.1, -0.05) is 6.92 Å². The third-order valence-electron chi connectivity index (χ3n) is 4.05. The lowest BCUT2D eigenvalue weighted by Gasteiger charge is -2.43. The lowest BCUT2D eigenvalue weighted by atomic mass is 9.83. The monoisotopic (exact) mass is 321 g/mol. The van der Waals surface area contributed by atoms with Crippen LogP contribution in [0.4, 0.5) is 0 Å². The van der Waals surface area contributed by atoms with Gasteiger partial charge in [-0.15, -0.1) is 0 Å². The summed E-state index contributed by atoms with van der Waals surface area (Å²) in [5, 5.41) is 3.58. The molecule has 0 aromatic carbocycles. The second-order valence-electron chi connectivity index (χ2n) is 5.89. The van der Waals surface area contributed by atoms with Gasteiger partial charge in [0.15, 0.2) is 0 Å². The first-order chi connectivity index (χ1) is 9.93. The molecule has 1 aliphatic heterocycles. The van der Waals surface area contributed by atoms with Gasteiger partial charge in [-0.05, 0) is 32.7 Å². The van der Waals surface area contributed by atoms with Crippen molar-refractivity contribution in [2.24, 2.45) is 0 Å². The Morgan fingerprint density at radius 2 is 1.95 bits per heavy atom. The highest BCUT2D eigenvalue weighted by Crippen LogP contribution is 2.31. The van der Waals surface area contributed by atoms with Crippen LogP contribution in [0.25, 0.3) is 0 Å². The van der Waals surface area contributed by atoms with Crippen LogP contribution >= 0.6 is 0 Å². The topological polar surface area (TPSA) is 64.6 Å². The molecular formula is C15H31NO4S. The summed E-state index contributed by atoms with van der Waals surface area (Å²) in [5.41, 5.74) is -0.209. The SMILES string of the molecule is CCCNC(CCCS(C)(=O)=O)C1(OCC)CCOCC1. The van der Waals surface area contributed by atoms with Gasteiger partial charge in [0, 0.05) is 50.7 Å². The maximum absolute atomic E-state index is 11.3. The van der Waals surface area contributed by atoms with Crippen LogP contribution in [0.5, 0.6) is 0 Å². The van der Waals surface area contributed by atoms with E-state index in [0.717, 1.165) is 45.4 Å². The predicted molar refractivity (Wildman–Crippen MR) is 85.4 cm³/mol. The van der Waals surface area contributed by atoms with E-state index in [1.54, 1.807) is 0 Å². The van der Waals surface area contributed by atoms with Crippen molar-refractivity contribution in [2.75, 3.05) is 38.4 Å². The molecule has 5 nitrogen and oxygen atoms in total. The van der Waals surface area contributed by atoms with Crippen molar-refractivity contribution in [3.05, 3.63) is 0 Å². The Bertz CT molecular complexity index is 372. The Morgan fingerprint density at radius 1 is 1.29 bits per heavy atom. The van der Waals surface area contributed by atoms with Crippen LogP contribution in [0.15, 0.2) is 0 Å². The van der Waals surface area contributed by atoms with Gasteiger partial charge in [-0.2, -0.15) is 0 Å². The molecule has 1 fully saturated rings. The first-order valence-electron chi connectivity index (χ1n) is 8.06. The average molecular weight is 321 g/mol. The fourth-order valence-corrected chi connectivity index (χ4v) is 3.71. The van der Waals surface area contributed by atoms with Crippen molar-refractivity contribution in [1.29, 1.82) is 0 Å². The minimum atomic E-state index is -2.90. The van der Waals surface area contributed by atoms with Crippen molar-refractivity contribution in [3.8, 4) is 0 Å². The number of hydrogen-bond acceptors (Lipinski definition) is 5. The Labute approximate surface area is 129 Å². The van der Waals surface area contributed by atoms with Gasteiger partial charge in [0.25, 0.3) is 0 Å². The first kappa shape index (κ1) is 18.9. The van der Waals surface area contributed by atoms with E-state index in [9.17, 15) is 8.42 Å². The Kier molecular flexibility index (Phi) is 8.16. The summed E-state index contributed by atoms with van der Waals surface area (Å²) in [6, 6.07) is 0.197. The molecule has 0 radical (unpaired) electrons. The van der Waals surface area contributed by atoms with E-state index < -0.39 is 9.84 Å². The summed E-state index contributed by atoms with van der Waals surface area (Å²) in [7, 11) is -2.90. The molecule has 1 N–H and O–H groups in total. The zero-order valence-electron chi connectivity index (χ0n) is 13.7. The summed E-state index contributed by atoms with van der Waals surface area (Å²) in [5.74, 6) is 0.246. The van der Waals surface area contributed by atoms with E-state index in [0.29, 0.717) is 13.0 Å². The van der Waals surface area contributed by atoms with E-state index in [1.165, 1.54) is 6.26 Å². The summed E-state index contributed by atoms with van der Waals surface area (Å²) >= 11 is 0. The first-order valence-corrected chi connectivity index (χ1v) is 10.1. The van der Waals surface area contributed by atoms with E-state index in [-0.39, 0.29) is 17.4 Å². The highest BCUT2D eigenvalue weighted by molar-refractivity contribution is 7.90. The molecule has 0 aromatic rings. The lowest BCUT2D eigenvalue weighted by Crippen LogP contribution is -2.55. The van der Waals surface area contributed by atoms with Crippen molar-refractivity contribution in [3.63, 3.8) is 0 Å². The van der Waals surface area contributed by atoms with Crippen molar-refractivity contribution in [1.82, 2.24) is 5.32 Å². The minimum absolute atomic E-state index is 0.197. The van der Waals surface area contributed by atoms with Crippen LogP contribution in [0, 0.1) is 0 Å². The number of ether oxygens (including phenoxy) is 2. The van der Waals surface area contributed by atoms with Gasteiger partial charge in [0.05, 0.1) is 5.60 Å². The fourth-order valence-electron chi connectivity index (χ4n) is 3.02. The van der Waals surface area contributed by atoms with E-state index in [1.807, 2.05) is 6.92 Å². The van der Waals surface area contributed by atoms with Gasteiger partial charge in [0.2, 0.25) is 0 Å². The molecule has 0 amide bonds. The fraction of sp³-hybridized carbons (Fsp3) is 1.00. The predicted octanol–water partition coefficient (Wildman–Crippen LogP) is 1.77. The van der Waals surface area contributed by atoms with Crippen LogP contribution in [0.1, 0.15) is 46.0 Å². The van der Waals surface area contributed by atoms with Crippen molar-refractivity contribution >= 4 is 9.84 Å². The van der Waals surface area contributed by atoms with Crippen LogP contribution in [0.3, 0.4) is 0 Å². The van der Waals surface area contributed by atoms with Crippen molar-refractivity contribution in [2.45, 2.75) is 57.6 Å². The Hall–Kier alpha value is -0.170. The molecular weight excluding hydrogens is 290 g/mol. The molecule has 1 saturated heterocycles. The zero-order valence-corrected chi connectivity index (χ0v) is 14.5. The molecule has 0 aliphatic carbocycles. The largest absolute Gasteiger partial charge is 0.381 e. The second-order valence-corrected chi connectivity index (χ2v) is 8.15. The summed E-state index contributed by atoms with van der Waals surface area (Å²) in [6.07, 6.45) is 5.61. The minimum Gasteiger partial charge on any atom is -0.381 e. The average Bonchev–Trinajstić information content (AvgIpc) is 2.42. The number of hydrogen-bond donors (Lipinski definition) is 1. The molecule has 1 aliphatic rings. The third kappa shape index (κ3) is 6.63. The molecule has 21 heavy (non-hydrogen) atoms. The standard InChI is InChI=1S/C15H31NO4S/c1-4-10-16-14(7-6-13-21(3,17)18)15(20-5-2)8-11-19-12-9-15/h14,16H,4-13H2,1-3H3. The highest BCUT2D eigenvalue weighted by atomic mass is 32.2. The van der Waals surface area contributed by atoms with Crippen molar-refractivity contribution < 1.29 is 17.9 Å². The van der Waals surface area contributed by atoms with Gasteiger partial charge in [0.1, 0.15) is 9.84 Å². The maximum Gasteiger partial charge on any atom is 0.147 e. The van der Waals surface area contributed by atoms with E-state index >= 15 is 0 Å². The number of nitrogens with one attached hydrogen (secondary N) is 1. The van der Waals surface area contributed by atoms with Crippen LogP contribution in [-0.4, -0.2) is 58.4 Å². The van der Waals surface area contributed by atoms with E-state index in [4.69, 9.17) is 9.47 Å². The number of rotatable bonds is 10. The molecule has 1 rings (SSSR count). The summed E-state index contributed by atoms with van der Waals surface area (Å²) in [4.78, 5) is 0. The van der Waals surface area contributed by atoms with Gasteiger partial charge >= 0.3 is 0 Å². The smallest absolute Gasteiger partial charge is 0.147 e.